The third-order valence-corrected chi connectivity index (χ3v) is 5.20. The van der Waals surface area contributed by atoms with Gasteiger partial charge in [-0.1, -0.05) is 24.7 Å². The monoisotopic (exact) mass is 305 g/mol. The van der Waals surface area contributed by atoms with Gasteiger partial charge < -0.3 is 16.0 Å². The van der Waals surface area contributed by atoms with Crippen LogP contribution in [-0.4, -0.2) is 43.5 Å². The Morgan fingerprint density at radius 1 is 1.43 bits per heavy atom. The molecular weight excluding hydrogens is 282 g/mol. The van der Waals surface area contributed by atoms with E-state index in [0.29, 0.717) is 18.0 Å². The van der Waals surface area contributed by atoms with E-state index in [0.717, 1.165) is 17.7 Å². The van der Waals surface area contributed by atoms with Crippen molar-refractivity contribution < 1.29 is 4.79 Å². The van der Waals surface area contributed by atoms with Crippen LogP contribution < -0.4 is 11.1 Å². The van der Waals surface area contributed by atoms with E-state index >= 15 is 0 Å². The summed E-state index contributed by atoms with van der Waals surface area (Å²) < 4.78 is 0. The van der Waals surface area contributed by atoms with Crippen LogP contribution in [0, 0.1) is 11.8 Å². The predicted octanol–water partition coefficient (Wildman–Crippen LogP) is 1.66. The summed E-state index contributed by atoms with van der Waals surface area (Å²) in [5.74, 6) is 5.76. The quantitative estimate of drug-likeness (QED) is 0.832. The maximum Gasteiger partial charge on any atom is 0.261 e. The molecule has 1 saturated carbocycles. The molecule has 1 amide bonds. The van der Waals surface area contributed by atoms with E-state index in [-0.39, 0.29) is 11.4 Å². The van der Waals surface area contributed by atoms with Crippen molar-refractivity contribution in [2.24, 2.45) is 5.73 Å². The number of nitrogens with zero attached hydrogens (tertiary/aromatic N) is 1. The number of rotatable bonds is 4. The van der Waals surface area contributed by atoms with Crippen molar-refractivity contribution in [2.75, 3.05) is 27.2 Å². The molecular formula is C16H23N3OS. The lowest BCUT2D eigenvalue weighted by molar-refractivity contribution is 0.0904. The van der Waals surface area contributed by atoms with E-state index < -0.39 is 0 Å². The second-order valence-electron chi connectivity index (χ2n) is 5.68. The fourth-order valence-corrected chi connectivity index (χ4v) is 3.61. The zero-order chi connectivity index (χ0) is 15.3. The van der Waals surface area contributed by atoms with Crippen molar-refractivity contribution >= 4 is 17.2 Å². The molecule has 1 aliphatic carbocycles. The number of nitrogens with two attached hydrogens (primary N) is 1. The minimum atomic E-state index is -0.00563. The van der Waals surface area contributed by atoms with Crippen molar-refractivity contribution in [1.29, 1.82) is 0 Å². The number of hydrogen-bond acceptors (Lipinski definition) is 4. The number of nitrogens with one attached hydrogen (secondary N) is 1. The Morgan fingerprint density at radius 2 is 2.14 bits per heavy atom. The average Bonchev–Trinajstić information content (AvgIpc) is 3.12. The Balaban J connectivity index is 1.96. The lowest BCUT2D eigenvalue weighted by Crippen LogP contribution is -2.50. The molecule has 1 aromatic heterocycles. The van der Waals surface area contributed by atoms with Gasteiger partial charge in [0.2, 0.25) is 0 Å². The number of hydrogen-bond donors (Lipinski definition) is 2. The second kappa shape index (κ2) is 7.08. The van der Waals surface area contributed by atoms with Gasteiger partial charge in [0.15, 0.2) is 0 Å². The lowest BCUT2D eigenvalue weighted by Gasteiger charge is -2.36. The van der Waals surface area contributed by atoms with Crippen molar-refractivity contribution in [3.63, 3.8) is 0 Å². The molecule has 1 aromatic rings. The predicted molar refractivity (Wildman–Crippen MR) is 87.5 cm³/mol. The first-order valence-corrected chi connectivity index (χ1v) is 8.13. The van der Waals surface area contributed by atoms with Gasteiger partial charge in [0.1, 0.15) is 0 Å². The van der Waals surface area contributed by atoms with Crippen molar-refractivity contribution in [1.82, 2.24) is 10.2 Å². The van der Waals surface area contributed by atoms with Crippen molar-refractivity contribution in [3.8, 4) is 11.8 Å². The van der Waals surface area contributed by atoms with Crippen LogP contribution in [0.1, 0.15) is 40.2 Å². The van der Waals surface area contributed by atoms with Gasteiger partial charge in [0.05, 0.1) is 16.3 Å². The molecule has 21 heavy (non-hydrogen) atoms. The van der Waals surface area contributed by atoms with Gasteiger partial charge in [-0.25, -0.2) is 0 Å². The molecule has 0 unspecified atom stereocenters. The van der Waals surface area contributed by atoms with E-state index in [1.54, 1.807) is 0 Å². The summed E-state index contributed by atoms with van der Waals surface area (Å²) in [6, 6.07) is 3.71. The number of carbonyl (C=O) groups excluding carboxylic acids is 1. The van der Waals surface area contributed by atoms with Gasteiger partial charge in [0.25, 0.3) is 5.91 Å². The molecule has 0 radical (unpaired) electrons. The normalized spacial score (nSPS) is 16.6. The number of thiophene rings is 1. The zero-order valence-corrected chi connectivity index (χ0v) is 13.6. The molecule has 5 heteroatoms. The summed E-state index contributed by atoms with van der Waals surface area (Å²) >= 11 is 1.42. The largest absolute Gasteiger partial charge is 0.349 e. The van der Waals surface area contributed by atoms with Gasteiger partial charge in [-0.2, -0.15) is 0 Å². The van der Waals surface area contributed by atoms with Crippen LogP contribution in [0.5, 0.6) is 0 Å². The molecule has 2 rings (SSSR count). The molecule has 1 aliphatic rings. The van der Waals surface area contributed by atoms with Gasteiger partial charge in [0, 0.05) is 12.1 Å². The molecule has 0 aromatic carbocycles. The molecule has 3 N–H and O–H groups in total. The lowest BCUT2D eigenvalue weighted by atomic mass is 9.96. The number of amides is 1. The Bertz CT molecular complexity index is 547. The molecule has 1 fully saturated rings. The van der Waals surface area contributed by atoms with Crippen LogP contribution in [0.2, 0.25) is 0 Å². The smallest absolute Gasteiger partial charge is 0.261 e. The average molecular weight is 305 g/mol. The summed E-state index contributed by atoms with van der Waals surface area (Å²) in [5.41, 5.74) is 5.47. The molecule has 0 aliphatic heterocycles. The van der Waals surface area contributed by atoms with Gasteiger partial charge >= 0.3 is 0 Å². The van der Waals surface area contributed by atoms with Crippen LogP contribution in [0.4, 0.5) is 0 Å². The highest BCUT2D eigenvalue weighted by molar-refractivity contribution is 7.14. The van der Waals surface area contributed by atoms with Gasteiger partial charge in [-0.05, 0) is 39.1 Å². The van der Waals surface area contributed by atoms with E-state index in [9.17, 15) is 4.79 Å². The topological polar surface area (TPSA) is 58.4 Å². The maximum absolute atomic E-state index is 12.3. The highest BCUT2D eigenvalue weighted by Gasteiger charge is 2.36. The van der Waals surface area contributed by atoms with Gasteiger partial charge in [-0.15, -0.1) is 11.3 Å². The van der Waals surface area contributed by atoms with Crippen molar-refractivity contribution in [2.45, 2.75) is 31.2 Å². The maximum atomic E-state index is 12.3. The standard InChI is InChI=1S/C16H23N3OS/c1-19(2)16(9-3-4-10-16)12-18-15(20)14-8-7-13(21-14)6-5-11-17/h7-8H,3-4,9-12,17H2,1-2H3,(H,18,20). The molecule has 0 bridgehead atoms. The number of carbonyl (C=O) groups is 1. The van der Waals surface area contributed by atoms with Crippen LogP contribution in [-0.2, 0) is 0 Å². The highest BCUT2D eigenvalue weighted by Crippen LogP contribution is 2.33. The van der Waals surface area contributed by atoms with E-state index in [1.165, 1.54) is 24.2 Å². The SMILES string of the molecule is CN(C)C1(CNC(=O)c2ccc(C#CCN)s2)CCCC1. The summed E-state index contributed by atoms with van der Waals surface area (Å²) in [6.07, 6.45) is 4.79. The zero-order valence-electron chi connectivity index (χ0n) is 12.7. The van der Waals surface area contributed by atoms with Crippen molar-refractivity contribution in [3.05, 3.63) is 21.9 Å². The molecule has 0 atom stereocenters. The van der Waals surface area contributed by atoms with Crippen LogP contribution in [0.3, 0.4) is 0 Å². The Morgan fingerprint density at radius 3 is 2.76 bits per heavy atom. The Labute approximate surface area is 130 Å². The highest BCUT2D eigenvalue weighted by atomic mass is 32.1. The third-order valence-electron chi connectivity index (χ3n) is 4.20. The first-order chi connectivity index (χ1) is 10.1. The third kappa shape index (κ3) is 3.85. The fraction of sp³-hybridized carbons (Fsp3) is 0.562. The summed E-state index contributed by atoms with van der Waals surface area (Å²) in [7, 11) is 4.20. The second-order valence-corrected chi connectivity index (χ2v) is 6.76. The minimum absolute atomic E-state index is 0.00563. The van der Waals surface area contributed by atoms with Crippen LogP contribution in [0.15, 0.2) is 12.1 Å². The molecule has 114 valence electrons. The minimum Gasteiger partial charge on any atom is -0.349 e. The molecule has 0 spiro atoms. The first-order valence-electron chi connectivity index (χ1n) is 7.32. The molecule has 4 nitrogen and oxygen atoms in total. The van der Waals surface area contributed by atoms with Crippen LogP contribution >= 0.6 is 11.3 Å². The van der Waals surface area contributed by atoms with Crippen LogP contribution in [0.25, 0.3) is 0 Å². The van der Waals surface area contributed by atoms with Gasteiger partial charge in [-0.3, -0.25) is 4.79 Å². The Hall–Kier alpha value is -1.35. The summed E-state index contributed by atoms with van der Waals surface area (Å²) in [4.78, 5) is 16.1. The first kappa shape index (κ1) is 16.0. The van der Waals surface area contributed by atoms with E-state index in [2.05, 4.69) is 36.2 Å². The fourth-order valence-electron chi connectivity index (χ4n) is 2.81. The van der Waals surface area contributed by atoms with E-state index in [1.807, 2.05) is 12.1 Å². The molecule has 0 saturated heterocycles. The summed E-state index contributed by atoms with van der Waals surface area (Å²) in [5, 5.41) is 3.09. The number of likely N-dealkylation sites (N-methyl/N-ethyl adjacent to an activating group) is 1. The molecule has 1 heterocycles. The van der Waals surface area contributed by atoms with E-state index in [4.69, 9.17) is 5.73 Å². The Kier molecular flexibility index (Phi) is 5.40. The summed E-state index contributed by atoms with van der Waals surface area (Å²) in [6.45, 7) is 1.05.